The second kappa shape index (κ2) is 6.01. The minimum atomic E-state index is -0.342. The predicted octanol–water partition coefficient (Wildman–Crippen LogP) is 1.53. The van der Waals surface area contributed by atoms with Gasteiger partial charge in [-0.05, 0) is 18.4 Å². The molecule has 2 aromatic rings. The summed E-state index contributed by atoms with van der Waals surface area (Å²) in [6, 6.07) is 4.10. The van der Waals surface area contributed by atoms with Crippen LogP contribution in [-0.4, -0.2) is 26.4 Å². The molecule has 18 heavy (non-hydrogen) atoms. The van der Waals surface area contributed by atoms with Gasteiger partial charge in [0.2, 0.25) is 5.91 Å². The molecule has 7 heteroatoms. The van der Waals surface area contributed by atoms with Crippen molar-refractivity contribution < 1.29 is 4.79 Å². The van der Waals surface area contributed by atoms with E-state index in [-0.39, 0.29) is 11.7 Å². The Morgan fingerprint density at radius 2 is 2.39 bits per heavy atom. The van der Waals surface area contributed by atoms with Crippen LogP contribution in [0.1, 0.15) is 17.6 Å². The van der Waals surface area contributed by atoms with E-state index in [4.69, 9.17) is 5.73 Å². The quantitative estimate of drug-likeness (QED) is 0.815. The molecule has 96 valence electrons. The molecule has 2 N–H and O–H groups in total. The molecule has 0 radical (unpaired) electrons. The number of primary amides is 1. The van der Waals surface area contributed by atoms with Crippen LogP contribution in [0.25, 0.3) is 0 Å². The largest absolute Gasteiger partial charge is 0.369 e. The highest BCUT2D eigenvalue weighted by Gasteiger charge is 2.12. The molecule has 0 aromatic carbocycles. The number of amides is 1. The van der Waals surface area contributed by atoms with Gasteiger partial charge in [-0.3, -0.25) is 4.79 Å². The maximum atomic E-state index is 10.8. The third-order valence-electron chi connectivity index (χ3n) is 2.37. The number of thioether (sulfide) groups is 1. The summed E-state index contributed by atoms with van der Waals surface area (Å²) in [6.07, 6.45) is 0.773. The molecule has 0 saturated carbocycles. The molecule has 0 aliphatic rings. The van der Waals surface area contributed by atoms with E-state index in [2.05, 4.69) is 16.3 Å². The average Bonchev–Trinajstić information content (AvgIpc) is 2.96. The van der Waals surface area contributed by atoms with Crippen molar-refractivity contribution in [1.82, 2.24) is 14.8 Å². The molecule has 0 aliphatic heterocycles. The van der Waals surface area contributed by atoms with Crippen LogP contribution in [0.3, 0.4) is 0 Å². The smallest absolute Gasteiger partial charge is 0.227 e. The molecule has 0 unspecified atom stereocenters. The topological polar surface area (TPSA) is 73.8 Å². The number of aromatic nitrogens is 3. The van der Waals surface area contributed by atoms with Crippen LogP contribution in [-0.2, 0) is 17.8 Å². The molecule has 5 nitrogen and oxygen atoms in total. The first-order valence-electron chi connectivity index (χ1n) is 5.56. The number of rotatable bonds is 6. The highest BCUT2D eigenvalue weighted by atomic mass is 32.2. The Kier molecular flexibility index (Phi) is 4.38. The summed E-state index contributed by atoms with van der Waals surface area (Å²) in [5, 5.41) is 11.1. The summed E-state index contributed by atoms with van der Waals surface area (Å²) in [5.41, 5.74) is 5.13. The molecule has 2 aromatic heterocycles. The Morgan fingerprint density at radius 1 is 1.56 bits per heavy atom. The lowest BCUT2D eigenvalue weighted by Gasteiger charge is -2.05. The van der Waals surface area contributed by atoms with Gasteiger partial charge in [0.1, 0.15) is 5.82 Å². The van der Waals surface area contributed by atoms with Gasteiger partial charge < -0.3 is 10.3 Å². The van der Waals surface area contributed by atoms with Gasteiger partial charge in [-0.15, -0.1) is 21.5 Å². The standard InChI is InChI=1S/C11H14N4OS2/c1-2-15-10(6-8-4-3-5-17-8)13-14-11(15)18-7-9(12)16/h3-5H,2,6-7H2,1H3,(H2,12,16). The summed E-state index contributed by atoms with van der Waals surface area (Å²) in [4.78, 5) is 12.0. The van der Waals surface area contributed by atoms with Crippen molar-refractivity contribution in [3.63, 3.8) is 0 Å². The minimum absolute atomic E-state index is 0.233. The van der Waals surface area contributed by atoms with E-state index in [1.54, 1.807) is 11.3 Å². The van der Waals surface area contributed by atoms with E-state index in [1.165, 1.54) is 16.6 Å². The Hall–Kier alpha value is -1.34. The Labute approximate surface area is 113 Å². The number of hydrogen-bond donors (Lipinski definition) is 1. The van der Waals surface area contributed by atoms with Crippen LogP contribution >= 0.6 is 23.1 Å². The van der Waals surface area contributed by atoms with E-state index in [9.17, 15) is 4.79 Å². The van der Waals surface area contributed by atoms with Gasteiger partial charge in [-0.25, -0.2) is 0 Å². The molecular weight excluding hydrogens is 268 g/mol. The summed E-state index contributed by atoms with van der Waals surface area (Å²) in [5.74, 6) is 0.814. The van der Waals surface area contributed by atoms with Gasteiger partial charge in [0, 0.05) is 17.8 Å². The number of hydrogen-bond acceptors (Lipinski definition) is 5. The molecule has 1 amide bonds. The fraction of sp³-hybridized carbons (Fsp3) is 0.364. The Balaban J connectivity index is 2.13. The SMILES string of the molecule is CCn1c(Cc2cccs2)nnc1SCC(N)=O. The van der Waals surface area contributed by atoms with Crippen LogP contribution in [0, 0.1) is 0 Å². The highest BCUT2D eigenvalue weighted by Crippen LogP contribution is 2.19. The van der Waals surface area contributed by atoms with Crippen molar-refractivity contribution >= 4 is 29.0 Å². The normalized spacial score (nSPS) is 10.7. The molecule has 0 bridgehead atoms. The molecule has 0 fully saturated rings. The summed E-state index contributed by atoms with van der Waals surface area (Å²) in [7, 11) is 0. The van der Waals surface area contributed by atoms with Crippen molar-refractivity contribution in [2.45, 2.75) is 25.0 Å². The lowest BCUT2D eigenvalue weighted by Crippen LogP contribution is -2.14. The van der Waals surface area contributed by atoms with Crippen molar-refractivity contribution in [3.05, 3.63) is 28.2 Å². The zero-order valence-corrected chi connectivity index (χ0v) is 11.6. The maximum absolute atomic E-state index is 10.8. The average molecular weight is 282 g/mol. The molecule has 0 saturated heterocycles. The first-order valence-corrected chi connectivity index (χ1v) is 7.42. The van der Waals surface area contributed by atoms with Crippen LogP contribution in [0.15, 0.2) is 22.7 Å². The highest BCUT2D eigenvalue weighted by molar-refractivity contribution is 7.99. The lowest BCUT2D eigenvalue weighted by atomic mass is 10.3. The predicted molar refractivity (Wildman–Crippen MR) is 72.7 cm³/mol. The zero-order chi connectivity index (χ0) is 13.0. The monoisotopic (exact) mass is 282 g/mol. The van der Waals surface area contributed by atoms with E-state index in [0.29, 0.717) is 0 Å². The van der Waals surface area contributed by atoms with Crippen molar-refractivity contribution in [2.24, 2.45) is 5.73 Å². The minimum Gasteiger partial charge on any atom is -0.369 e. The van der Waals surface area contributed by atoms with E-state index in [1.807, 2.05) is 22.9 Å². The third-order valence-corrected chi connectivity index (χ3v) is 4.23. The van der Waals surface area contributed by atoms with Crippen LogP contribution in [0.5, 0.6) is 0 Å². The number of nitrogens with two attached hydrogens (primary N) is 1. The second-order valence-electron chi connectivity index (χ2n) is 3.65. The number of nitrogens with zero attached hydrogens (tertiary/aromatic N) is 3. The summed E-state index contributed by atoms with van der Waals surface area (Å²) >= 11 is 3.03. The van der Waals surface area contributed by atoms with Crippen molar-refractivity contribution in [1.29, 1.82) is 0 Å². The van der Waals surface area contributed by atoms with E-state index < -0.39 is 0 Å². The Morgan fingerprint density at radius 3 is 3.00 bits per heavy atom. The fourth-order valence-corrected chi connectivity index (χ4v) is 3.04. The molecule has 0 spiro atoms. The zero-order valence-electron chi connectivity index (χ0n) is 10.00. The molecule has 0 atom stereocenters. The van der Waals surface area contributed by atoms with Crippen molar-refractivity contribution in [3.8, 4) is 0 Å². The first-order chi connectivity index (χ1) is 8.70. The summed E-state index contributed by atoms with van der Waals surface area (Å²) < 4.78 is 2.02. The second-order valence-corrected chi connectivity index (χ2v) is 5.63. The van der Waals surface area contributed by atoms with Crippen LogP contribution < -0.4 is 5.73 Å². The third kappa shape index (κ3) is 3.11. The molecule has 0 aliphatic carbocycles. The van der Waals surface area contributed by atoms with Crippen LogP contribution in [0.2, 0.25) is 0 Å². The summed E-state index contributed by atoms with van der Waals surface area (Å²) in [6.45, 7) is 2.82. The lowest BCUT2D eigenvalue weighted by molar-refractivity contribution is -0.115. The molecule has 2 rings (SSSR count). The van der Waals surface area contributed by atoms with Gasteiger partial charge >= 0.3 is 0 Å². The number of carbonyl (C=O) groups is 1. The Bertz CT molecular complexity index is 521. The van der Waals surface area contributed by atoms with Gasteiger partial charge in [-0.2, -0.15) is 0 Å². The van der Waals surface area contributed by atoms with E-state index >= 15 is 0 Å². The maximum Gasteiger partial charge on any atom is 0.227 e. The first kappa shape index (κ1) is 13.1. The van der Waals surface area contributed by atoms with Gasteiger partial charge in [0.25, 0.3) is 0 Å². The number of carbonyl (C=O) groups excluding carboxylic acids is 1. The van der Waals surface area contributed by atoms with Gasteiger partial charge in [0.05, 0.1) is 5.75 Å². The molecule has 2 heterocycles. The number of thiophene rings is 1. The van der Waals surface area contributed by atoms with Gasteiger partial charge in [-0.1, -0.05) is 17.8 Å². The fourth-order valence-electron chi connectivity index (χ4n) is 1.58. The van der Waals surface area contributed by atoms with Crippen molar-refractivity contribution in [2.75, 3.05) is 5.75 Å². The van der Waals surface area contributed by atoms with Crippen LogP contribution in [0.4, 0.5) is 0 Å². The van der Waals surface area contributed by atoms with E-state index in [0.717, 1.165) is 23.9 Å². The van der Waals surface area contributed by atoms with Gasteiger partial charge in [0.15, 0.2) is 5.16 Å². The molecular formula is C11H14N4OS2.